The standard InChI is InChI=1S/C20H17ClN2O4S/c1-15(16-6-3-2-4-7-16)22(18-12-10-17(21)11-13-18)28(26,27)20-9-5-8-19(14-20)23(24)25/h2-15H,1H3/t15-/m1/s1. The number of non-ortho nitro benzene ring substituents is 1. The number of anilines is 1. The molecule has 0 heterocycles. The number of nitro benzene ring substituents is 1. The molecule has 144 valence electrons. The second-order valence-corrected chi connectivity index (χ2v) is 8.37. The molecule has 0 saturated heterocycles. The first-order valence-electron chi connectivity index (χ1n) is 8.40. The zero-order chi connectivity index (χ0) is 20.3. The van der Waals surface area contributed by atoms with Gasteiger partial charge in [0.1, 0.15) is 0 Å². The minimum atomic E-state index is -4.08. The van der Waals surface area contributed by atoms with Gasteiger partial charge in [0.15, 0.2) is 0 Å². The van der Waals surface area contributed by atoms with Gasteiger partial charge in [-0.1, -0.05) is 48.0 Å². The lowest BCUT2D eigenvalue weighted by atomic mass is 10.1. The maximum Gasteiger partial charge on any atom is 0.270 e. The van der Waals surface area contributed by atoms with E-state index in [4.69, 9.17) is 11.6 Å². The molecule has 0 N–H and O–H groups in total. The van der Waals surface area contributed by atoms with Crippen LogP contribution in [0.25, 0.3) is 0 Å². The Balaban J connectivity index is 2.16. The molecule has 6 nitrogen and oxygen atoms in total. The van der Waals surface area contributed by atoms with E-state index in [-0.39, 0.29) is 10.6 Å². The van der Waals surface area contributed by atoms with Gasteiger partial charge >= 0.3 is 0 Å². The molecule has 1 atom stereocenters. The zero-order valence-corrected chi connectivity index (χ0v) is 16.5. The third kappa shape index (κ3) is 4.00. The Morgan fingerprint density at radius 1 is 0.964 bits per heavy atom. The molecule has 0 saturated carbocycles. The van der Waals surface area contributed by atoms with Crippen LogP contribution in [0.2, 0.25) is 5.02 Å². The molecule has 0 amide bonds. The lowest BCUT2D eigenvalue weighted by molar-refractivity contribution is -0.385. The van der Waals surface area contributed by atoms with Crippen molar-refractivity contribution < 1.29 is 13.3 Å². The summed E-state index contributed by atoms with van der Waals surface area (Å²) in [4.78, 5) is 10.3. The number of halogens is 1. The van der Waals surface area contributed by atoms with Crippen LogP contribution in [0.3, 0.4) is 0 Å². The van der Waals surface area contributed by atoms with Crippen molar-refractivity contribution in [2.75, 3.05) is 4.31 Å². The van der Waals surface area contributed by atoms with E-state index >= 15 is 0 Å². The van der Waals surface area contributed by atoms with Crippen LogP contribution in [-0.4, -0.2) is 13.3 Å². The van der Waals surface area contributed by atoms with Crippen molar-refractivity contribution in [2.24, 2.45) is 0 Å². The van der Waals surface area contributed by atoms with Crippen molar-refractivity contribution in [1.82, 2.24) is 0 Å². The van der Waals surface area contributed by atoms with Crippen LogP contribution < -0.4 is 4.31 Å². The summed E-state index contributed by atoms with van der Waals surface area (Å²) in [7, 11) is -4.08. The molecule has 0 aliphatic rings. The zero-order valence-electron chi connectivity index (χ0n) is 14.9. The molecule has 3 rings (SSSR count). The van der Waals surface area contributed by atoms with Gasteiger partial charge in [-0.3, -0.25) is 14.4 Å². The number of nitro groups is 1. The summed E-state index contributed by atoms with van der Waals surface area (Å²) in [6.07, 6.45) is 0. The minimum absolute atomic E-state index is 0.153. The van der Waals surface area contributed by atoms with Gasteiger partial charge in [-0.05, 0) is 42.8 Å². The smallest absolute Gasteiger partial charge is 0.259 e. The molecule has 3 aromatic rings. The number of hydrogen-bond donors (Lipinski definition) is 0. The van der Waals surface area contributed by atoms with Gasteiger partial charge in [0.25, 0.3) is 15.7 Å². The molecule has 0 fully saturated rings. The quantitative estimate of drug-likeness (QED) is 0.408. The Morgan fingerprint density at radius 2 is 1.61 bits per heavy atom. The second-order valence-electron chi connectivity index (χ2n) is 6.12. The van der Waals surface area contributed by atoms with Crippen molar-refractivity contribution in [1.29, 1.82) is 0 Å². The van der Waals surface area contributed by atoms with E-state index in [1.807, 2.05) is 30.3 Å². The van der Waals surface area contributed by atoms with Crippen LogP contribution in [0.5, 0.6) is 0 Å². The predicted octanol–water partition coefficient (Wildman–Crippen LogP) is 5.20. The summed E-state index contributed by atoms with van der Waals surface area (Å²) in [5.41, 5.74) is 0.906. The molecule has 0 spiro atoms. The van der Waals surface area contributed by atoms with Crippen molar-refractivity contribution in [3.05, 3.63) is 99.6 Å². The molecule has 0 aromatic heterocycles. The lowest BCUT2D eigenvalue weighted by Crippen LogP contribution is -2.33. The molecule has 0 bridgehead atoms. The fraction of sp³-hybridized carbons (Fsp3) is 0.100. The highest BCUT2D eigenvalue weighted by molar-refractivity contribution is 7.92. The van der Waals surface area contributed by atoms with Crippen LogP contribution in [0.1, 0.15) is 18.5 Å². The highest BCUT2D eigenvalue weighted by Crippen LogP contribution is 2.34. The van der Waals surface area contributed by atoms with Gasteiger partial charge in [-0.25, -0.2) is 8.42 Å². The van der Waals surface area contributed by atoms with Crippen LogP contribution in [0, 0.1) is 10.1 Å². The summed E-state index contributed by atoms with van der Waals surface area (Å²) in [6.45, 7) is 1.76. The van der Waals surface area contributed by atoms with E-state index in [1.54, 1.807) is 31.2 Å². The number of hydrogen-bond acceptors (Lipinski definition) is 4. The van der Waals surface area contributed by atoms with Gasteiger partial charge in [0, 0.05) is 17.2 Å². The third-order valence-electron chi connectivity index (χ3n) is 4.30. The van der Waals surface area contributed by atoms with E-state index in [9.17, 15) is 18.5 Å². The third-order valence-corrected chi connectivity index (χ3v) is 6.45. The number of benzene rings is 3. The van der Waals surface area contributed by atoms with Crippen LogP contribution in [0.15, 0.2) is 83.8 Å². The number of nitrogens with zero attached hydrogens (tertiary/aromatic N) is 2. The fourth-order valence-electron chi connectivity index (χ4n) is 2.90. The summed E-state index contributed by atoms with van der Waals surface area (Å²) >= 11 is 5.96. The van der Waals surface area contributed by atoms with Gasteiger partial charge in [-0.15, -0.1) is 0 Å². The molecule has 0 aliphatic heterocycles. The SMILES string of the molecule is C[C@H](c1ccccc1)N(c1ccc(Cl)cc1)S(=O)(=O)c1cccc([N+](=O)[O-])c1. The average molecular weight is 417 g/mol. The molecule has 8 heteroatoms. The first-order valence-corrected chi connectivity index (χ1v) is 10.2. The molecule has 3 aromatic carbocycles. The summed E-state index contributed by atoms with van der Waals surface area (Å²) < 4.78 is 28.2. The highest BCUT2D eigenvalue weighted by atomic mass is 35.5. The largest absolute Gasteiger partial charge is 0.270 e. The second kappa shape index (κ2) is 8.00. The molecule has 0 radical (unpaired) electrons. The van der Waals surface area contributed by atoms with E-state index in [0.29, 0.717) is 10.7 Å². The van der Waals surface area contributed by atoms with Gasteiger partial charge < -0.3 is 0 Å². The Kier molecular flexibility index (Phi) is 5.67. The van der Waals surface area contributed by atoms with Gasteiger partial charge in [-0.2, -0.15) is 0 Å². The molecule has 0 aliphatic carbocycles. The minimum Gasteiger partial charge on any atom is -0.259 e. The van der Waals surface area contributed by atoms with Crippen LogP contribution in [0.4, 0.5) is 11.4 Å². The molecular formula is C20H17ClN2O4S. The monoisotopic (exact) mass is 416 g/mol. The average Bonchev–Trinajstić information content (AvgIpc) is 2.70. The maximum absolute atomic E-state index is 13.5. The van der Waals surface area contributed by atoms with Crippen molar-refractivity contribution in [3.8, 4) is 0 Å². The Labute approximate surface area is 168 Å². The Bertz CT molecular complexity index is 1090. The Morgan fingerprint density at radius 3 is 2.21 bits per heavy atom. The first kappa shape index (κ1) is 19.9. The highest BCUT2D eigenvalue weighted by Gasteiger charge is 2.31. The lowest BCUT2D eigenvalue weighted by Gasteiger charge is -2.31. The van der Waals surface area contributed by atoms with E-state index in [0.717, 1.165) is 11.6 Å². The fourth-order valence-corrected chi connectivity index (χ4v) is 4.71. The van der Waals surface area contributed by atoms with Crippen LogP contribution >= 0.6 is 11.6 Å². The van der Waals surface area contributed by atoms with Crippen molar-refractivity contribution >= 4 is 33.0 Å². The normalized spacial score (nSPS) is 12.4. The van der Waals surface area contributed by atoms with E-state index in [2.05, 4.69) is 0 Å². The van der Waals surface area contributed by atoms with Gasteiger partial charge in [0.2, 0.25) is 0 Å². The summed E-state index contributed by atoms with van der Waals surface area (Å²) in [5.74, 6) is 0. The molecule has 0 unspecified atom stereocenters. The van der Waals surface area contributed by atoms with Crippen LogP contribution in [-0.2, 0) is 10.0 Å². The molecule has 28 heavy (non-hydrogen) atoms. The van der Waals surface area contributed by atoms with E-state index in [1.165, 1.54) is 22.5 Å². The van der Waals surface area contributed by atoms with E-state index < -0.39 is 21.0 Å². The predicted molar refractivity (Wildman–Crippen MR) is 109 cm³/mol. The van der Waals surface area contributed by atoms with Gasteiger partial charge in [0.05, 0.1) is 21.5 Å². The summed E-state index contributed by atoms with van der Waals surface area (Å²) in [5, 5.41) is 11.6. The topological polar surface area (TPSA) is 80.5 Å². The first-order chi connectivity index (χ1) is 13.3. The number of rotatable bonds is 6. The Hall–Kier alpha value is -2.90. The number of sulfonamides is 1. The maximum atomic E-state index is 13.5. The molecular weight excluding hydrogens is 400 g/mol. The van der Waals surface area contributed by atoms with Crippen molar-refractivity contribution in [3.63, 3.8) is 0 Å². The summed E-state index contributed by atoms with van der Waals surface area (Å²) in [6, 6.07) is 20.1. The van der Waals surface area contributed by atoms with Crippen molar-refractivity contribution in [2.45, 2.75) is 17.9 Å².